The van der Waals surface area contributed by atoms with E-state index in [9.17, 15) is 4.57 Å². The summed E-state index contributed by atoms with van der Waals surface area (Å²) in [5.41, 5.74) is -0.143. The molecule has 1 rings (SSSR count). The monoisotopic (exact) mass is 234 g/mol. The Balaban J connectivity index is 2.71. The van der Waals surface area contributed by atoms with E-state index in [4.69, 9.17) is 20.6 Å². The van der Waals surface area contributed by atoms with Crippen LogP contribution in [0.5, 0.6) is 5.75 Å². The lowest BCUT2D eigenvalue weighted by atomic mass is 10.3. The molecule has 0 bridgehead atoms. The highest BCUT2D eigenvalue weighted by atomic mass is 35.5. The lowest BCUT2D eigenvalue weighted by molar-refractivity contribution is 0.283. The Bertz CT molecular complexity index is 315. The first-order valence-corrected chi connectivity index (χ1v) is 6.50. The molecule has 0 aliphatic rings. The Morgan fingerprint density at radius 2 is 2.00 bits per heavy atom. The molecule has 0 N–H and O–H groups in total. The summed E-state index contributed by atoms with van der Waals surface area (Å²) in [5.74, 6) is 0.505. The standard InChI is InChI=1S/C9H12ClO3P/c1-2-12-14(11,8-10)13-9-6-4-3-5-7-9/h3-7H,2,8H2,1H3/t14-/m0/s1. The largest absolute Gasteiger partial charge is 0.424 e. The summed E-state index contributed by atoms with van der Waals surface area (Å²) in [6, 6.07) is 8.84. The smallest absolute Gasteiger partial charge is 0.393 e. The second-order valence-corrected chi connectivity index (χ2v) is 5.17. The third-order valence-corrected chi connectivity index (χ3v) is 3.77. The quantitative estimate of drug-likeness (QED) is 0.578. The Morgan fingerprint density at radius 1 is 1.36 bits per heavy atom. The first-order valence-electron chi connectivity index (χ1n) is 4.24. The van der Waals surface area contributed by atoms with Crippen LogP contribution in [0.4, 0.5) is 0 Å². The topological polar surface area (TPSA) is 35.5 Å². The van der Waals surface area contributed by atoms with Crippen molar-refractivity contribution >= 4 is 19.2 Å². The molecule has 0 aromatic heterocycles. The second kappa shape index (κ2) is 5.40. The molecule has 1 aromatic carbocycles. The van der Waals surface area contributed by atoms with Crippen LogP contribution in [-0.4, -0.2) is 12.2 Å². The van der Waals surface area contributed by atoms with Gasteiger partial charge in [0.2, 0.25) is 0 Å². The molecule has 0 spiro atoms. The molecule has 0 aliphatic heterocycles. The summed E-state index contributed by atoms with van der Waals surface area (Å²) in [7, 11) is -3.16. The molecular weight excluding hydrogens is 223 g/mol. The maximum atomic E-state index is 11.8. The highest BCUT2D eigenvalue weighted by Gasteiger charge is 2.23. The number of halogens is 1. The van der Waals surface area contributed by atoms with Gasteiger partial charge in [-0.1, -0.05) is 18.2 Å². The molecule has 0 unspecified atom stereocenters. The zero-order valence-electron chi connectivity index (χ0n) is 7.85. The highest BCUT2D eigenvalue weighted by molar-refractivity contribution is 7.56. The van der Waals surface area contributed by atoms with Crippen molar-refractivity contribution in [2.45, 2.75) is 6.92 Å². The van der Waals surface area contributed by atoms with Crippen molar-refractivity contribution in [1.82, 2.24) is 0 Å². The van der Waals surface area contributed by atoms with Crippen molar-refractivity contribution in [3.63, 3.8) is 0 Å². The van der Waals surface area contributed by atoms with Crippen LogP contribution in [-0.2, 0) is 9.09 Å². The van der Waals surface area contributed by atoms with Crippen molar-refractivity contribution in [2.75, 3.05) is 12.2 Å². The van der Waals surface area contributed by atoms with E-state index in [1.54, 1.807) is 31.2 Å². The average Bonchev–Trinajstić information content (AvgIpc) is 2.20. The number of hydrogen-bond donors (Lipinski definition) is 0. The van der Waals surface area contributed by atoms with Gasteiger partial charge in [0.15, 0.2) is 0 Å². The number of rotatable bonds is 5. The van der Waals surface area contributed by atoms with Gasteiger partial charge in [0.25, 0.3) is 0 Å². The summed E-state index contributed by atoms with van der Waals surface area (Å²) in [6.07, 6.45) is 0. The molecule has 1 aromatic rings. The van der Waals surface area contributed by atoms with E-state index in [1.807, 2.05) is 6.07 Å². The van der Waals surface area contributed by atoms with E-state index in [0.29, 0.717) is 12.4 Å². The van der Waals surface area contributed by atoms with Crippen molar-refractivity contribution in [3.8, 4) is 5.75 Å². The first-order chi connectivity index (χ1) is 6.70. The van der Waals surface area contributed by atoms with Crippen LogP contribution >= 0.6 is 19.2 Å². The van der Waals surface area contributed by atoms with Gasteiger partial charge in [0, 0.05) is 0 Å². The van der Waals surface area contributed by atoms with Gasteiger partial charge < -0.3 is 4.52 Å². The summed E-state index contributed by atoms with van der Waals surface area (Å²) in [6.45, 7) is 2.06. The minimum absolute atomic E-state index is 0.143. The van der Waals surface area contributed by atoms with Crippen molar-refractivity contribution in [1.29, 1.82) is 0 Å². The fourth-order valence-electron chi connectivity index (χ4n) is 0.924. The van der Waals surface area contributed by atoms with E-state index in [-0.39, 0.29) is 5.62 Å². The maximum absolute atomic E-state index is 11.8. The number of para-hydroxylation sites is 1. The van der Waals surface area contributed by atoms with Gasteiger partial charge in [0.05, 0.1) is 6.61 Å². The van der Waals surface area contributed by atoms with Gasteiger partial charge in [0.1, 0.15) is 11.4 Å². The second-order valence-electron chi connectivity index (χ2n) is 2.55. The molecule has 0 saturated carbocycles. The van der Waals surface area contributed by atoms with Crippen LogP contribution < -0.4 is 4.52 Å². The molecule has 78 valence electrons. The highest BCUT2D eigenvalue weighted by Crippen LogP contribution is 2.48. The predicted molar refractivity (Wildman–Crippen MR) is 57.0 cm³/mol. The van der Waals surface area contributed by atoms with E-state index in [2.05, 4.69) is 0 Å². The lowest BCUT2D eigenvalue weighted by Crippen LogP contribution is -1.98. The van der Waals surface area contributed by atoms with E-state index in [1.165, 1.54) is 0 Å². The van der Waals surface area contributed by atoms with E-state index < -0.39 is 7.60 Å². The van der Waals surface area contributed by atoms with Gasteiger partial charge in [-0.3, -0.25) is 4.52 Å². The molecule has 1 atom stereocenters. The van der Waals surface area contributed by atoms with Crippen molar-refractivity contribution < 1.29 is 13.6 Å². The fourth-order valence-corrected chi connectivity index (χ4v) is 2.28. The molecular formula is C9H12ClO3P. The molecule has 5 heteroatoms. The van der Waals surface area contributed by atoms with Crippen molar-refractivity contribution in [2.24, 2.45) is 0 Å². The van der Waals surface area contributed by atoms with Crippen LogP contribution in [0.1, 0.15) is 6.92 Å². The number of benzene rings is 1. The van der Waals surface area contributed by atoms with Crippen LogP contribution in [0.3, 0.4) is 0 Å². The third kappa shape index (κ3) is 3.33. The van der Waals surface area contributed by atoms with E-state index >= 15 is 0 Å². The van der Waals surface area contributed by atoms with Gasteiger partial charge in [-0.2, -0.15) is 0 Å². The average molecular weight is 235 g/mol. The summed E-state index contributed by atoms with van der Waals surface area (Å²) in [4.78, 5) is 0. The van der Waals surface area contributed by atoms with Gasteiger partial charge in [-0.05, 0) is 19.1 Å². The van der Waals surface area contributed by atoms with Crippen LogP contribution in [0.15, 0.2) is 30.3 Å². The number of hydrogen-bond acceptors (Lipinski definition) is 3. The molecule has 0 radical (unpaired) electrons. The molecule has 0 fully saturated rings. The normalized spacial score (nSPS) is 14.7. The van der Waals surface area contributed by atoms with Gasteiger partial charge >= 0.3 is 7.60 Å². The summed E-state index contributed by atoms with van der Waals surface area (Å²) >= 11 is 5.52. The summed E-state index contributed by atoms with van der Waals surface area (Å²) in [5, 5.41) is 0. The molecule has 0 aliphatic carbocycles. The number of alkyl halides is 1. The van der Waals surface area contributed by atoms with Crippen molar-refractivity contribution in [3.05, 3.63) is 30.3 Å². The molecule has 3 nitrogen and oxygen atoms in total. The molecule has 14 heavy (non-hydrogen) atoms. The molecule has 0 heterocycles. The van der Waals surface area contributed by atoms with Gasteiger partial charge in [-0.25, -0.2) is 4.57 Å². The summed E-state index contributed by atoms with van der Waals surface area (Å²) < 4.78 is 22.0. The minimum atomic E-state index is -3.16. The maximum Gasteiger partial charge on any atom is 0.393 e. The van der Waals surface area contributed by atoms with Crippen LogP contribution in [0.2, 0.25) is 0 Å². The lowest BCUT2D eigenvalue weighted by Gasteiger charge is -2.15. The Morgan fingerprint density at radius 3 is 2.50 bits per heavy atom. The zero-order chi connectivity index (χ0) is 10.4. The third-order valence-electron chi connectivity index (χ3n) is 1.46. The van der Waals surface area contributed by atoms with Crippen LogP contribution in [0.25, 0.3) is 0 Å². The first kappa shape index (κ1) is 11.6. The Hall–Kier alpha value is -0.500. The molecule has 0 saturated heterocycles. The Labute approximate surface area is 88.5 Å². The fraction of sp³-hybridized carbons (Fsp3) is 0.333. The SMILES string of the molecule is CCO[P@@](=O)(CCl)Oc1ccccc1. The zero-order valence-corrected chi connectivity index (χ0v) is 9.50. The molecule has 0 amide bonds. The Kier molecular flexibility index (Phi) is 4.46. The van der Waals surface area contributed by atoms with E-state index in [0.717, 1.165) is 0 Å². The minimum Gasteiger partial charge on any atom is -0.424 e. The van der Waals surface area contributed by atoms with Gasteiger partial charge in [-0.15, -0.1) is 11.6 Å². The predicted octanol–water partition coefficient (Wildman–Crippen LogP) is 3.49. The van der Waals surface area contributed by atoms with Crippen LogP contribution in [0, 0.1) is 0 Å².